The van der Waals surface area contributed by atoms with Gasteiger partial charge in [0.25, 0.3) is 0 Å². The van der Waals surface area contributed by atoms with Gasteiger partial charge in [0.15, 0.2) is 0 Å². The molecule has 0 bridgehead atoms. The van der Waals surface area contributed by atoms with Gasteiger partial charge in [-0.2, -0.15) is 0 Å². The Bertz CT molecular complexity index is 382. The number of rotatable bonds is 1. The second-order valence-electron chi connectivity index (χ2n) is 2.92. The summed E-state index contributed by atoms with van der Waals surface area (Å²) < 4.78 is 5.62. The van der Waals surface area contributed by atoms with Crippen LogP contribution in [0.25, 0.3) is 0 Å². The van der Waals surface area contributed by atoms with Crippen molar-refractivity contribution in [1.29, 1.82) is 0 Å². The van der Waals surface area contributed by atoms with E-state index >= 15 is 0 Å². The van der Waals surface area contributed by atoms with Crippen molar-refractivity contribution in [3.8, 4) is 0 Å². The number of aromatic nitrogens is 1. The molecular formula is C10H11IN2. The zero-order valence-electron chi connectivity index (χ0n) is 7.66. The molecular weight excluding hydrogens is 275 g/mol. The molecule has 0 atom stereocenters. The van der Waals surface area contributed by atoms with Crippen molar-refractivity contribution in [2.24, 2.45) is 4.99 Å². The molecule has 0 unspecified atom stereocenters. The van der Waals surface area contributed by atoms with Gasteiger partial charge in [0.2, 0.25) is 0 Å². The minimum atomic E-state index is -1.27. The Hall–Kier alpha value is -0.710. The summed E-state index contributed by atoms with van der Waals surface area (Å²) in [7, 11) is 0. The molecule has 0 fully saturated rings. The van der Waals surface area contributed by atoms with Gasteiger partial charge in [0.1, 0.15) is 0 Å². The second kappa shape index (κ2) is 3.57. The van der Waals surface area contributed by atoms with Crippen molar-refractivity contribution >= 4 is 24.0 Å². The van der Waals surface area contributed by atoms with Crippen molar-refractivity contribution in [2.45, 2.75) is 13.8 Å². The fraction of sp³-hybridized carbons (Fsp3) is 0.200. The first-order valence-electron chi connectivity index (χ1n) is 4.09. The molecule has 0 radical (unpaired) electrons. The molecule has 1 aromatic heterocycles. The van der Waals surface area contributed by atoms with Crippen LogP contribution in [0.15, 0.2) is 33.0 Å². The molecule has 0 N–H and O–H groups in total. The summed E-state index contributed by atoms with van der Waals surface area (Å²) >= 11 is -1.27. The van der Waals surface area contributed by atoms with Crippen LogP contribution in [0.3, 0.4) is 0 Å². The summed E-state index contributed by atoms with van der Waals surface area (Å²) in [6, 6.07) is 6.22. The number of hydrogen-bond donors (Lipinski definition) is 0. The van der Waals surface area contributed by atoms with Gasteiger partial charge in [-0.3, -0.25) is 0 Å². The molecule has 2 heterocycles. The van der Waals surface area contributed by atoms with Crippen molar-refractivity contribution in [3.05, 3.63) is 37.4 Å². The number of aryl methyl sites for hydroxylation is 1. The molecule has 68 valence electrons. The van der Waals surface area contributed by atoms with Crippen LogP contribution in [0.5, 0.6) is 0 Å². The van der Waals surface area contributed by atoms with E-state index in [-0.39, 0.29) is 0 Å². The van der Waals surface area contributed by atoms with Crippen LogP contribution in [-0.4, -0.2) is 9.21 Å². The standard InChI is InChI=1S/C10H11IN2/c1-8-4-3-5-10(13-8)11-6-9(2)12-7-11/h3-7H,1-2H3. The molecule has 0 aliphatic carbocycles. The Morgan fingerprint density at radius 1 is 1.23 bits per heavy atom. The first kappa shape index (κ1) is 8.87. The zero-order valence-corrected chi connectivity index (χ0v) is 9.82. The van der Waals surface area contributed by atoms with Crippen molar-refractivity contribution in [2.75, 3.05) is 0 Å². The maximum atomic E-state index is 4.52. The third-order valence-corrected chi connectivity index (χ3v) is 6.04. The summed E-state index contributed by atoms with van der Waals surface area (Å²) in [5.41, 5.74) is 2.25. The minimum absolute atomic E-state index is 1.10. The first-order chi connectivity index (χ1) is 6.25. The van der Waals surface area contributed by atoms with Crippen LogP contribution in [0.1, 0.15) is 12.6 Å². The first-order valence-corrected chi connectivity index (χ1v) is 7.66. The Morgan fingerprint density at radius 3 is 2.69 bits per heavy atom. The van der Waals surface area contributed by atoms with Gasteiger partial charge < -0.3 is 0 Å². The van der Waals surface area contributed by atoms with Crippen LogP contribution in [-0.2, 0) is 0 Å². The molecule has 0 saturated heterocycles. The Kier molecular flexibility index (Phi) is 2.44. The van der Waals surface area contributed by atoms with Crippen LogP contribution in [0.4, 0.5) is 0 Å². The molecule has 2 rings (SSSR count). The van der Waals surface area contributed by atoms with Gasteiger partial charge in [0, 0.05) is 0 Å². The average Bonchev–Trinajstić information content (AvgIpc) is 2.52. The third-order valence-electron chi connectivity index (χ3n) is 1.71. The Labute approximate surface area is 85.2 Å². The third kappa shape index (κ3) is 1.96. The van der Waals surface area contributed by atoms with E-state index < -0.39 is 19.8 Å². The Morgan fingerprint density at radius 2 is 2.08 bits per heavy atom. The molecule has 0 aromatic carbocycles. The van der Waals surface area contributed by atoms with E-state index in [1.807, 2.05) is 19.9 Å². The summed E-state index contributed by atoms with van der Waals surface area (Å²) in [5.74, 6) is 0. The van der Waals surface area contributed by atoms with Crippen LogP contribution >= 0.6 is 19.8 Å². The summed E-state index contributed by atoms with van der Waals surface area (Å²) in [5, 5.41) is 0. The van der Waals surface area contributed by atoms with Gasteiger partial charge in [-0.25, -0.2) is 0 Å². The SMILES string of the molecule is CC1=CI(c2cccc(C)n2)C=N1. The van der Waals surface area contributed by atoms with Gasteiger partial charge >= 0.3 is 85.2 Å². The molecule has 0 saturated carbocycles. The molecule has 1 aliphatic heterocycles. The molecule has 3 heteroatoms. The van der Waals surface area contributed by atoms with Gasteiger partial charge in [-0.1, -0.05) is 0 Å². The zero-order chi connectivity index (χ0) is 9.26. The topological polar surface area (TPSA) is 25.2 Å². The normalized spacial score (nSPS) is 17.7. The van der Waals surface area contributed by atoms with E-state index in [0.29, 0.717) is 0 Å². The molecule has 0 spiro atoms. The number of halogens is 1. The van der Waals surface area contributed by atoms with Crippen molar-refractivity contribution in [1.82, 2.24) is 4.98 Å². The molecule has 1 aliphatic rings. The van der Waals surface area contributed by atoms with Crippen molar-refractivity contribution in [3.63, 3.8) is 0 Å². The second-order valence-corrected chi connectivity index (χ2v) is 7.17. The fourth-order valence-electron chi connectivity index (χ4n) is 1.09. The quantitative estimate of drug-likeness (QED) is 0.575. The van der Waals surface area contributed by atoms with E-state index in [0.717, 1.165) is 11.4 Å². The van der Waals surface area contributed by atoms with Gasteiger partial charge in [-0.05, 0) is 0 Å². The number of pyridine rings is 1. The fourth-order valence-corrected chi connectivity index (χ4v) is 5.01. The predicted molar refractivity (Wildman–Crippen MR) is 63.9 cm³/mol. The predicted octanol–water partition coefficient (Wildman–Crippen LogP) is 2.97. The summed E-state index contributed by atoms with van der Waals surface area (Å²) in [6.07, 6.45) is 0. The van der Waals surface area contributed by atoms with E-state index in [1.165, 1.54) is 3.70 Å². The van der Waals surface area contributed by atoms with E-state index in [9.17, 15) is 0 Å². The van der Waals surface area contributed by atoms with Crippen LogP contribution in [0, 0.1) is 10.6 Å². The summed E-state index contributed by atoms with van der Waals surface area (Å²) in [6.45, 7) is 4.08. The van der Waals surface area contributed by atoms with E-state index in [2.05, 4.69) is 30.4 Å². The molecule has 1 aromatic rings. The number of hydrogen-bond acceptors (Lipinski definition) is 2. The number of nitrogens with zero attached hydrogens (tertiary/aromatic N) is 2. The molecule has 0 amide bonds. The monoisotopic (exact) mass is 286 g/mol. The number of allylic oxidation sites excluding steroid dienone is 1. The van der Waals surface area contributed by atoms with Crippen molar-refractivity contribution < 1.29 is 0 Å². The molecule has 2 nitrogen and oxygen atoms in total. The van der Waals surface area contributed by atoms with Gasteiger partial charge in [0.05, 0.1) is 0 Å². The van der Waals surface area contributed by atoms with Crippen LogP contribution < -0.4 is 0 Å². The maximum absolute atomic E-state index is 4.52. The number of aliphatic imine (C=N–C) groups is 1. The van der Waals surface area contributed by atoms with E-state index in [1.54, 1.807) is 0 Å². The summed E-state index contributed by atoms with van der Waals surface area (Å²) in [4.78, 5) is 8.81. The van der Waals surface area contributed by atoms with Gasteiger partial charge in [-0.15, -0.1) is 0 Å². The molecule has 13 heavy (non-hydrogen) atoms. The van der Waals surface area contributed by atoms with E-state index in [4.69, 9.17) is 0 Å². The average molecular weight is 286 g/mol. The van der Waals surface area contributed by atoms with Crippen LogP contribution in [0.2, 0.25) is 0 Å². The Balaban J connectivity index is 2.32.